The van der Waals surface area contributed by atoms with Crippen molar-refractivity contribution in [2.45, 2.75) is 20.8 Å². The third kappa shape index (κ3) is 3.18. The highest BCUT2D eigenvalue weighted by Crippen LogP contribution is 2.32. The molecule has 0 spiro atoms. The minimum atomic E-state index is -0.274. The summed E-state index contributed by atoms with van der Waals surface area (Å²) in [4.78, 5) is 24.9. The van der Waals surface area contributed by atoms with Crippen molar-refractivity contribution in [2.75, 3.05) is 44.7 Å². The molecule has 24 heavy (non-hydrogen) atoms. The molecule has 1 fully saturated rings. The Kier molecular flexibility index (Phi) is 4.91. The average Bonchev–Trinajstić information content (AvgIpc) is 3.13. The van der Waals surface area contributed by atoms with Gasteiger partial charge in [0.1, 0.15) is 5.69 Å². The molecule has 6 nitrogen and oxygen atoms in total. The SMILES string of the molecule is CCOC(=O)c1c(C)[nH]c(-c2csc(N3CCN(C)CC3)n2)c1C. The van der Waals surface area contributed by atoms with Crippen LogP contribution in [0, 0.1) is 13.8 Å². The van der Waals surface area contributed by atoms with E-state index in [-0.39, 0.29) is 5.97 Å². The number of likely N-dealkylation sites (N-methyl/N-ethyl adjacent to an activating group) is 1. The highest BCUT2D eigenvalue weighted by molar-refractivity contribution is 7.14. The fourth-order valence-corrected chi connectivity index (χ4v) is 3.91. The molecule has 0 aromatic carbocycles. The van der Waals surface area contributed by atoms with Gasteiger partial charge in [-0.25, -0.2) is 9.78 Å². The van der Waals surface area contributed by atoms with Gasteiger partial charge in [-0.2, -0.15) is 0 Å². The summed E-state index contributed by atoms with van der Waals surface area (Å²) in [5.74, 6) is -0.274. The Balaban J connectivity index is 1.85. The molecule has 0 atom stereocenters. The van der Waals surface area contributed by atoms with Gasteiger partial charge in [0.2, 0.25) is 0 Å². The number of aromatic nitrogens is 2. The molecular formula is C17H24N4O2S. The maximum Gasteiger partial charge on any atom is 0.340 e. The van der Waals surface area contributed by atoms with Gasteiger partial charge in [0.15, 0.2) is 5.13 Å². The number of nitrogens with one attached hydrogen (secondary N) is 1. The van der Waals surface area contributed by atoms with Crippen LogP contribution >= 0.6 is 11.3 Å². The lowest BCUT2D eigenvalue weighted by Gasteiger charge is -2.32. The van der Waals surface area contributed by atoms with E-state index in [2.05, 4.69) is 27.2 Å². The first-order valence-electron chi connectivity index (χ1n) is 8.27. The molecule has 1 saturated heterocycles. The highest BCUT2D eigenvalue weighted by atomic mass is 32.1. The lowest BCUT2D eigenvalue weighted by molar-refractivity contribution is 0.0525. The predicted octanol–water partition coefficient (Wildman–Crippen LogP) is 2.68. The van der Waals surface area contributed by atoms with E-state index in [1.807, 2.05) is 20.8 Å². The molecule has 0 amide bonds. The standard InChI is InChI=1S/C17H24N4O2S/c1-5-23-16(22)14-11(2)15(18-12(14)3)13-10-24-17(19-13)21-8-6-20(4)7-9-21/h10,18H,5-9H2,1-4H3. The van der Waals surface area contributed by atoms with E-state index < -0.39 is 0 Å². The number of aryl methyl sites for hydroxylation is 1. The summed E-state index contributed by atoms with van der Waals surface area (Å²) < 4.78 is 5.16. The van der Waals surface area contributed by atoms with Gasteiger partial charge < -0.3 is 19.5 Å². The van der Waals surface area contributed by atoms with Crippen LogP contribution < -0.4 is 4.90 Å². The first-order valence-corrected chi connectivity index (χ1v) is 9.15. The van der Waals surface area contributed by atoms with E-state index in [9.17, 15) is 4.79 Å². The number of anilines is 1. The van der Waals surface area contributed by atoms with Gasteiger partial charge in [-0.15, -0.1) is 11.3 Å². The molecule has 0 bridgehead atoms. The quantitative estimate of drug-likeness (QED) is 0.861. The van der Waals surface area contributed by atoms with Crippen molar-refractivity contribution in [1.29, 1.82) is 0 Å². The lowest BCUT2D eigenvalue weighted by Crippen LogP contribution is -2.44. The molecular weight excluding hydrogens is 324 g/mol. The topological polar surface area (TPSA) is 61.5 Å². The first kappa shape index (κ1) is 17.0. The Morgan fingerprint density at radius 2 is 2.04 bits per heavy atom. The molecule has 7 heteroatoms. The summed E-state index contributed by atoms with van der Waals surface area (Å²) in [5, 5.41) is 3.10. The first-order chi connectivity index (χ1) is 11.5. The van der Waals surface area contributed by atoms with Gasteiger partial charge in [-0.3, -0.25) is 0 Å². The number of carbonyl (C=O) groups excluding carboxylic acids is 1. The van der Waals surface area contributed by atoms with E-state index in [0.717, 1.165) is 54.0 Å². The van der Waals surface area contributed by atoms with Gasteiger partial charge in [-0.1, -0.05) is 0 Å². The third-order valence-electron chi connectivity index (χ3n) is 4.44. The zero-order valence-corrected chi connectivity index (χ0v) is 15.5. The fourth-order valence-electron chi connectivity index (χ4n) is 3.04. The highest BCUT2D eigenvalue weighted by Gasteiger charge is 2.23. The smallest absolute Gasteiger partial charge is 0.340 e. The Morgan fingerprint density at radius 3 is 2.71 bits per heavy atom. The molecule has 2 aromatic rings. The molecule has 130 valence electrons. The molecule has 0 radical (unpaired) electrons. The summed E-state index contributed by atoms with van der Waals surface area (Å²) in [6.07, 6.45) is 0. The zero-order valence-electron chi connectivity index (χ0n) is 14.7. The van der Waals surface area contributed by atoms with Crippen LogP contribution in [0.4, 0.5) is 5.13 Å². The zero-order chi connectivity index (χ0) is 17.3. The van der Waals surface area contributed by atoms with Crippen molar-refractivity contribution in [3.05, 3.63) is 22.2 Å². The molecule has 2 aromatic heterocycles. The monoisotopic (exact) mass is 348 g/mol. The number of rotatable bonds is 4. The van der Waals surface area contributed by atoms with E-state index >= 15 is 0 Å². The summed E-state index contributed by atoms with van der Waals surface area (Å²) in [5.41, 5.74) is 4.16. The Hall–Kier alpha value is -1.86. The van der Waals surface area contributed by atoms with Crippen molar-refractivity contribution in [1.82, 2.24) is 14.9 Å². The summed E-state index contributed by atoms with van der Waals surface area (Å²) >= 11 is 1.65. The number of piperazine rings is 1. The van der Waals surface area contributed by atoms with E-state index in [0.29, 0.717) is 12.2 Å². The van der Waals surface area contributed by atoms with E-state index in [4.69, 9.17) is 9.72 Å². The molecule has 0 saturated carbocycles. The maximum absolute atomic E-state index is 12.1. The number of hydrogen-bond donors (Lipinski definition) is 1. The molecule has 0 aliphatic carbocycles. The van der Waals surface area contributed by atoms with Crippen molar-refractivity contribution >= 4 is 22.4 Å². The van der Waals surface area contributed by atoms with Gasteiger partial charge in [-0.05, 0) is 33.4 Å². The van der Waals surface area contributed by atoms with Crippen LogP contribution in [0.3, 0.4) is 0 Å². The summed E-state index contributed by atoms with van der Waals surface area (Å²) in [6, 6.07) is 0. The van der Waals surface area contributed by atoms with E-state index in [1.165, 1.54) is 0 Å². The number of H-pyrrole nitrogens is 1. The number of ether oxygens (including phenoxy) is 1. The van der Waals surface area contributed by atoms with Crippen LogP contribution in [0.2, 0.25) is 0 Å². The number of hydrogen-bond acceptors (Lipinski definition) is 6. The minimum Gasteiger partial charge on any atom is -0.462 e. The molecule has 1 aliphatic rings. The second kappa shape index (κ2) is 6.94. The molecule has 3 rings (SSSR count). The van der Waals surface area contributed by atoms with Crippen molar-refractivity contribution < 1.29 is 9.53 Å². The van der Waals surface area contributed by atoms with Crippen LogP contribution in [0.25, 0.3) is 11.4 Å². The Morgan fingerprint density at radius 1 is 1.33 bits per heavy atom. The van der Waals surface area contributed by atoms with E-state index in [1.54, 1.807) is 11.3 Å². The van der Waals surface area contributed by atoms with Crippen molar-refractivity contribution in [3.8, 4) is 11.4 Å². The summed E-state index contributed by atoms with van der Waals surface area (Å²) in [6.45, 7) is 10.2. The van der Waals surface area contributed by atoms with Crippen molar-refractivity contribution in [3.63, 3.8) is 0 Å². The van der Waals surface area contributed by atoms with Gasteiger partial charge in [0.05, 0.1) is 17.9 Å². The van der Waals surface area contributed by atoms with Crippen molar-refractivity contribution in [2.24, 2.45) is 0 Å². The van der Waals surface area contributed by atoms with Crippen LogP contribution in [0.15, 0.2) is 5.38 Å². The summed E-state index contributed by atoms with van der Waals surface area (Å²) in [7, 11) is 2.15. The van der Waals surface area contributed by atoms with Crippen LogP contribution in [0.5, 0.6) is 0 Å². The number of esters is 1. The number of nitrogens with zero attached hydrogens (tertiary/aromatic N) is 3. The Bertz CT molecular complexity index is 729. The molecule has 0 unspecified atom stereocenters. The third-order valence-corrected chi connectivity index (χ3v) is 5.34. The number of aromatic amines is 1. The fraction of sp³-hybridized carbons (Fsp3) is 0.529. The van der Waals surface area contributed by atoms with Crippen LogP contribution in [-0.2, 0) is 4.74 Å². The van der Waals surface area contributed by atoms with Gasteiger partial charge >= 0.3 is 5.97 Å². The second-order valence-electron chi connectivity index (χ2n) is 6.15. The van der Waals surface area contributed by atoms with Gasteiger partial charge in [0.25, 0.3) is 0 Å². The number of thiazole rings is 1. The minimum absolute atomic E-state index is 0.274. The predicted molar refractivity (Wildman–Crippen MR) is 97.0 cm³/mol. The average molecular weight is 348 g/mol. The Labute approximate surface area is 146 Å². The molecule has 3 heterocycles. The normalized spacial score (nSPS) is 15.8. The van der Waals surface area contributed by atoms with Gasteiger partial charge in [0, 0.05) is 37.3 Å². The second-order valence-corrected chi connectivity index (χ2v) is 6.99. The van der Waals surface area contributed by atoms with Crippen LogP contribution in [-0.4, -0.2) is 60.7 Å². The molecule has 1 aliphatic heterocycles. The number of carbonyl (C=O) groups is 1. The molecule has 1 N–H and O–H groups in total. The lowest BCUT2D eigenvalue weighted by atomic mass is 10.1. The maximum atomic E-state index is 12.1. The van der Waals surface area contributed by atoms with Crippen LogP contribution in [0.1, 0.15) is 28.5 Å². The largest absolute Gasteiger partial charge is 0.462 e.